The molecule has 10 heteroatoms. The second-order valence-electron chi connectivity index (χ2n) is 8.82. The van der Waals surface area contributed by atoms with Crippen LogP contribution in [0.1, 0.15) is 25.3 Å². The van der Waals surface area contributed by atoms with Gasteiger partial charge in [-0.2, -0.15) is 0 Å². The molecule has 0 saturated heterocycles. The number of anilines is 3. The molecule has 0 bridgehead atoms. The van der Waals surface area contributed by atoms with Gasteiger partial charge in [0.2, 0.25) is 5.88 Å². The number of fused-ring (bicyclic) bond motifs is 2. The molecule has 2 aromatic heterocycles. The van der Waals surface area contributed by atoms with Crippen molar-refractivity contribution in [3.8, 4) is 17.0 Å². The number of rotatable bonds is 4. The molecule has 1 amide bonds. The van der Waals surface area contributed by atoms with E-state index >= 15 is 4.39 Å². The molecule has 1 fully saturated rings. The monoisotopic (exact) mass is 467 g/mol. The summed E-state index contributed by atoms with van der Waals surface area (Å²) in [6, 6.07) is 3.29. The lowest BCUT2D eigenvalue weighted by atomic mass is 9.79. The Morgan fingerprint density at radius 3 is 2.88 bits per heavy atom. The number of halogens is 1. The molecular formula is C24H26FN5O4. The summed E-state index contributed by atoms with van der Waals surface area (Å²) in [5.74, 6) is 0.336. The molecule has 3 aromatic rings. The minimum atomic E-state index is -0.628. The number of amides is 1. The van der Waals surface area contributed by atoms with Gasteiger partial charge in [0, 0.05) is 35.5 Å². The Morgan fingerprint density at radius 1 is 1.32 bits per heavy atom. The van der Waals surface area contributed by atoms with Crippen molar-refractivity contribution in [1.29, 1.82) is 0 Å². The molecule has 1 saturated carbocycles. The zero-order valence-corrected chi connectivity index (χ0v) is 18.9. The van der Waals surface area contributed by atoms with E-state index in [2.05, 4.69) is 20.6 Å². The molecule has 1 aliphatic heterocycles. The van der Waals surface area contributed by atoms with Crippen molar-refractivity contribution in [2.45, 2.75) is 38.9 Å². The van der Waals surface area contributed by atoms with Crippen LogP contribution < -0.4 is 21.1 Å². The van der Waals surface area contributed by atoms with Gasteiger partial charge in [0.25, 0.3) is 0 Å². The summed E-state index contributed by atoms with van der Waals surface area (Å²) in [5.41, 5.74) is 8.50. The van der Waals surface area contributed by atoms with Crippen LogP contribution in [0, 0.1) is 18.7 Å². The number of hydrogen-bond acceptors (Lipinski definition) is 8. The number of nitrogen functional groups attached to an aromatic ring is 1. The number of nitrogens with one attached hydrogen (secondary N) is 2. The number of aromatic nitrogens is 2. The van der Waals surface area contributed by atoms with E-state index in [0.29, 0.717) is 53.8 Å². The Hall–Kier alpha value is -3.66. The lowest BCUT2D eigenvalue weighted by Gasteiger charge is -2.36. The van der Waals surface area contributed by atoms with E-state index in [9.17, 15) is 9.90 Å². The predicted octanol–water partition coefficient (Wildman–Crippen LogP) is 3.84. The van der Waals surface area contributed by atoms with Crippen LogP contribution in [0.2, 0.25) is 0 Å². The quantitative estimate of drug-likeness (QED) is 0.426. The molecule has 5 N–H and O–H groups in total. The second-order valence-corrected chi connectivity index (χ2v) is 8.82. The maximum atomic E-state index is 15.3. The van der Waals surface area contributed by atoms with Crippen LogP contribution >= 0.6 is 0 Å². The SMILES string of the molecule is Cc1c(-c2cc3cc(NC(=O)OC4CC(C(C)O)C4)ncc3c(N)c2F)cnc2c1NCCO2. The number of carbonyl (C=O) groups is 1. The van der Waals surface area contributed by atoms with Gasteiger partial charge in [-0.05, 0) is 55.7 Å². The minimum Gasteiger partial charge on any atom is -0.474 e. The summed E-state index contributed by atoms with van der Waals surface area (Å²) >= 11 is 0. The van der Waals surface area contributed by atoms with Gasteiger partial charge in [0.15, 0.2) is 5.82 Å². The molecule has 1 aliphatic carbocycles. The van der Waals surface area contributed by atoms with Crippen LogP contribution in [0.3, 0.4) is 0 Å². The molecule has 1 aromatic carbocycles. The summed E-state index contributed by atoms with van der Waals surface area (Å²) in [6.07, 6.45) is 2.98. The number of benzene rings is 1. The molecule has 34 heavy (non-hydrogen) atoms. The molecule has 5 rings (SSSR count). The molecule has 3 heterocycles. The number of aliphatic hydroxyl groups is 1. The second kappa shape index (κ2) is 8.60. The molecule has 9 nitrogen and oxygen atoms in total. The first-order valence-corrected chi connectivity index (χ1v) is 11.2. The van der Waals surface area contributed by atoms with Crippen LogP contribution in [0.25, 0.3) is 21.9 Å². The van der Waals surface area contributed by atoms with Gasteiger partial charge in [0.1, 0.15) is 24.2 Å². The van der Waals surface area contributed by atoms with E-state index < -0.39 is 18.0 Å². The standard InChI is InChI=1S/C24H26FN5O4/c1-11-17(9-29-23-22(11)27-3-4-33-23)16-7-14-8-19(28-10-18(14)21(26)20(16)25)30-24(32)34-15-5-13(6-15)12(2)31/h7-10,12-13,15,27,31H,3-6,26H2,1-2H3,(H,28,30,32). The summed E-state index contributed by atoms with van der Waals surface area (Å²) in [6.45, 7) is 4.76. The molecule has 1 atom stereocenters. The van der Waals surface area contributed by atoms with Crippen LogP contribution in [-0.4, -0.2) is 46.5 Å². The Morgan fingerprint density at radius 2 is 2.12 bits per heavy atom. The fourth-order valence-electron chi connectivity index (χ4n) is 4.44. The highest BCUT2D eigenvalue weighted by Gasteiger charge is 2.35. The van der Waals surface area contributed by atoms with Gasteiger partial charge in [-0.3, -0.25) is 5.32 Å². The molecule has 2 aliphatic rings. The maximum absolute atomic E-state index is 15.3. The summed E-state index contributed by atoms with van der Waals surface area (Å²) in [5, 5.41) is 16.5. The Balaban J connectivity index is 1.42. The van der Waals surface area contributed by atoms with E-state index in [-0.39, 0.29) is 23.5 Å². The van der Waals surface area contributed by atoms with Gasteiger partial charge in [-0.15, -0.1) is 0 Å². The molecule has 1 unspecified atom stereocenters. The Bertz CT molecular complexity index is 1280. The summed E-state index contributed by atoms with van der Waals surface area (Å²) < 4.78 is 26.2. The smallest absolute Gasteiger partial charge is 0.413 e. The minimum absolute atomic E-state index is 0.0333. The number of pyridine rings is 2. The van der Waals surface area contributed by atoms with Crippen molar-refractivity contribution in [2.24, 2.45) is 5.92 Å². The summed E-state index contributed by atoms with van der Waals surface area (Å²) in [7, 11) is 0. The van der Waals surface area contributed by atoms with Crippen LogP contribution in [0.5, 0.6) is 5.88 Å². The van der Waals surface area contributed by atoms with Gasteiger partial charge in [-0.25, -0.2) is 19.2 Å². The molecule has 0 spiro atoms. The van der Waals surface area contributed by atoms with Gasteiger partial charge in [-0.1, -0.05) is 0 Å². The fraction of sp³-hybridized carbons (Fsp3) is 0.375. The first-order chi connectivity index (χ1) is 16.3. The molecule has 178 valence electrons. The largest absolute Gasteiger partial charge is 0.474 e. The first kappa shape index (κ1) is 22.1. The van der Waals surface area contributed by atoms with Gasteiger partial charge in [0.05, 0.1) is 11.8 Å². The van der Waals surface area contributed by atoms with E-state index in [1.54, 1.807) is 25.3 Å². The Kier molecular flexibility index (Phi) is 5.60. The highest BCUT2D eigenvalue weighted by molar-refractivity contribution is 5.99. The number of nitrogens with zero attached hydrogens (tertiary/aromatic N) is 2. The lowest BCUT2D eigenvalue weighted by Crippen LogP contribution is -2.39. The van der Waals surface area contributed by atoms with Crippen LogP contribution in [-0.2, 0) is 4.74 Å². The van der Waals surface area contributed by atoms with E-state index in [4.69, 9.17) is 15.2 Å². The zero-order valence-electron chi connectivity index (χ0n) is 18.9. The third-order valence-electron chi connectivity index (χ3n) is 6.55. The highest BCUT2D eigenvalue weighted by atomic mass is 19.1. The number of carbonyl (C=O) groups excluding carboxylic acids is 1. The normalized spacial score (nSPS) is 19.9. The average Bonchev–Trinajstić information content (AvgIpc) is 2.79. The number of hydrogen-bond donors (Lipinski definition) is 4. The topological polar surface area (TPSA) is 132 Å². The van der Waals surface area contributed by atoms with Crippen molar-refractivity contribution in [2.75, 3.05) is 29.5 Å². The van der Waals surface area contributed by atoms with Crippen molar-refractivity contribution in [1.82, 2.24) is 9.97 Å². The van der Waals surface area contributed by atoms with Crippen LogP contribution in [0.15, 0.2) is 24.5 Å². The first-order valence-electron chi connectivity index (χ1n) is 11.2. The van der Waals surface area contributed by atoms with Crippen molar-refractivity contribution in [3.05, 3.63) is 35.9 Å². The lowest BCUT2D eigenvalue weighted by molar-refractivity contribution is -0.0262. The molecular weight excluding hydrogens is 441 g/mol. The summed E-state index contributed by atoms with van der Waals surface area (Å²) in [4.78, 5) is 20.8. The van der Waals surface area contributed by atoms with Crippen molar-refractivity contribution in [3.63, 3.8) is 0 Å². The van der Waals surface area contributed by atoms with Crippen molar-refractivity contribution >= 4 is 34.1 Å². The average molecular weight is 468 g/mol. The number of nitrogens with two attached hydrogens (primary N) is 1. The third-order valence-corrected chi connectivity index (χ3v) is 6.55. The van der Waals surface area contributed by atoms with E-state index in [1.807, 2.05) is 6.92 Å². The van der Waals surface area contributed by atoms with Gasteiger partial charge >= 0.3 is 6.09 Å². The fourth-order valence-corrected chi connectivity index (χ4v) is 4.44. The van der Waals surface area contributed by atoms with Crippen molar-refractivity contribution < 1.29 is 23.8 Å². The number of aliphatic hydroxyl groups excluding tert-OH is 1. The number of ether oxygens (including phenoxy) is 2. The van der Waals surface area contributed by atoms with E-state index in [1.165, 1.54) is 6.20 Å². The Labute approximate surface area is 195 Å². The highest BCUT2D eigenvalue weighted by Crippen LogP contribution is 2.39. The molecule has 0 radical (unpaired) electrons. The maximum Gasteiger partial charge on any atom is 0.413 e. The predicted molar refractivity (Wildman–Crippen MR) is 126 cm³/mol. The van der Waals surface area contributed by atoms with Crippen LogP contribution in [0.4, 0.5) is 26.4 Å². The van der Waals surface area contributed by atoms with Gasteiger partial charge < -0.3 is 25.6 Å². The third kappa shape index (κ3) is 3.94. The van der Waals surface area contributed by atoms with E-state index in [0.717, 1.165) is 11.3 Å². The zero-order chi connectivity index (χ0) is 24.0.